The number of rotatable bonds is 7. The molecule has 1 aromatic heterocycles. The van der Waals surface area contributed by atoms with Gasteiger partial charge in [0, 0.05) is 25.8 Å². The Morgan fingerprint density at radius 3 is 2.88 bits per heavy atom. The van der Waals surface area contributed by atoms with Crippen molar-refractivity contribution in [1.82, 2.24) is 25.2 Å². The van der Waals surface area contributed by atoms with E-state index in [1.54, 1.807) is 4.68 Å². The molecule has 96 valence electrons. The molecule has 17 heavy (non-hydrogen) atoms. The van der Waals surface area contributed by atoms with Gasteiger partial charge in [0.05, 0.1) is 18.8 Å². The van der Waals surface area contributed by atoms with E-state index in [0.717, 1.165) is 25.3 Å². The number of hydrogen-bond donors (Lipinski definition) is 2. The molecular formula is C11H21N5O. The molecule has 1 saturated heterocycles. The molecular weight excluding hydrogens is 218 g/mol. The van der Waals surface area contributed by atoms with Crippen LogP contribution in [0, 0.1) is 0 Å². The third kappa shape index (κ3) is 4.07. The van der Waals surface area contributed by atoms with Crippen LogP contribution in [0.15, 0.2) is 6.20 Å². The fraction of sp³-hybridized carbons (Fsp3) is 0.818. The van der Waals surface area contributed by atoms with Crippen LogP contribution in [0.25, 0.3) is 0 Å². The average Bonchev–Trinajstić information content (AvgIpc) is 2.96. The average molecular weight is 239 g/mol. The standard InChI is InChI=1S/C11H21N5O/c17-8-7-16-10-11(13-14-16)9-12-3-6-15-4-1-2-5-15/h10,12,17H,1-9H2. The molecule has 0 atom stereocenters. The van der Waals surface area contributed by atoms with Gasteiger partial charge >= 0.3 is 0 Å². The summed E-state index contributed by atoms with van der Waals surface area (Å²) in [4.78, 5) is 2.48. The zero-order valence-electron chi connectivity index (χ0n) is 10.2. The van der Waals surface area contributed by atoms with Gasteiger partial charge in [-0.05, 0) is 25.9 Å². The number of nitrogens with one attached hydrogen (secondary N) is 1. The van der Waals surface area contributed by atoms with Gasteiger partial charge in [-0.25, -0.2) is 4.68 Å². The first kappa shape index (κ1) is 12.5. The summed E-state index contributed by atoms with van der Waals surface area (Å²) in [5.74, 6) is 0. The van der Waals surface area contributed by atoms with E-state index in [9.17, 15) is 0 Å². The highest BCUT2D eigenvalue weighted by atomic mass is 16.3. The Hall–Kier alpha value is -0.980. The number of aliphatic hydroxyl groups excluding tert-OH is 1. The molecule has 1 aliphatic heterocycles. The molecule has 2 N–H and O–H groups in total. The number of likely N-dealkylation sites (tertiary alicyclic amines) is 1. The molecule has 1 aromatic rings. The minimum atomic E-state index is 0.102. The van der Waals surface area contributed by atoms with Crippen LogP contribution in [0.3, 0.4) is 0 Å². The molecule has 0 radical (unpaired) electrons. The predicted octanol–water partition coefficient (Wildman–Crippen LogP) is -0.544. The molecule has 0 aliphatic carbocycles. The number of nitrogens with zero attached hydrogens (tertiary/aromatic N) is 4. The second-order valence-corrected chi connectivity index (χ2v) is 4.42. The molecule has 0 spiro atoms. The molecule has 0 unspecified atom stereocenters. The van der Waals surface area contributed by atoms with E-state index in [2.05, 4.69) is 20.5 Å². The third-order valence-electron chi connectivity index (χ3n) is 3.02. The van der Waals surface area contributed by atoms with Crippen LogP contribution in [-0.4, -0.2) is 57.8 Å². The minimum Gasteiger partial charge on any atom is -0.394 e. The normalized spacial score (nSPS) is 16.8. The molecule has 6 heteroatoms. The first-order chi connectivity index (χ1) is 8.38. The summed E-state index contributed by atoms with van der Waals surface area (Å²) in [6.07, 6.45) is 4.56. The molecule has 1 aliphatic rings. The summed E-state index contributed by atoms with van der Waals surface area (Å²) in [5.41, 5.74) is 0.930. The molecule has 2 rings (SSSR count). The Morgan fingerprint density at radius 1 is 1.29 bits per heavy atom. The van der Waals surface area contributed by atoms with Gasteiger partial charge in [0.2, 0.25) is 0 Å². The van der Waals surface area contributed by atoms with Gasteiger partial charge in [-0.3, -0.25) is 0 Å². The van der Waals surface area contributed by atoms with E-state index in [-0.39, 0.29) is 6.61 Å². The van der Waals surface area contributed by atoms with E-state index >= 15 is 0 Å². The fourth-order valence-electron chi connectivity index (χ4n) is 2.09. The van der Waals surface area contributed by atoms with E-state index in [1.165, 1.54) is 25.9 Å². The quantitative estimate of drug-likeness (QED) is 0.625. The third-order valence-corrected chi connectivity index (χ3v) is 3.02. The summed E-state index contributed by atoms with van der Waals surface area (Å²) in [7, 11) is 0. The van der Waals surface area contributed by atoms with Crippen molar-refractivity contribution in [1.29, 1.82) is 0 Å². The van der Waals surface area contributed by atoms with E-state index < -0.39 is 0 Å². The molecule has 0 amide bonds. The molecule has 0 aromatic carbocycles. The smallest absolute Gasteiger partial charge is 0.0964 e. The van der Waals surface area contributed by atoms with Crippen molar-refractivity contribution in [2.75, 3.05) is 32.8 Å². The molecule has 2 heterocycles. The van der Waals surface area contributed by atoms with Crippen molar-refractivity contribution in [3.63, 3.8) is 0 Å². The summed E-state index contributed by atoms with van der Waals surface area (Å²) in [6.45, 7) is 5.96. The number of aliphatic hydroxyl groups is 1. The Labute approximate surface area is 102 Å². The Kier molecular flexibility index (Phi) is 4.90. The van der Waals surface area contributed by atoms with Crippen LogP contribution < -0.4 is 5.32 Å². The van der Waals surface area contributed by atoms with Gasteiger partial charge in [0.15, 0.2) is 0 Å². The van der Waals surface area contributed by atoms with Gasteiger partial charge in [-0.2, -0.15) is 0 Å². The second kappa shape index (κ2) is 6.68. The van der Waals surface area contributed by atoms with E-state index in [4.69, 9.17) is 5.11 Å². The van der Waals surface area contributed by atoms with Gasteiger partial charge in [-0.1, -0.05) is 5.21 Å². The monoisotopic (exact) mass is 239 g/mol. The van der Waals surface area contributed by atoms with Gasteiger partial charge < -0.3 is 15.3 Å². The van der Waals surface area contributed by atoms with Crippen LogP contribution in [0.1, 0.15) is 18.5 Å². The lowest BCUT2D eigenvalue weighted by atomic mass is 10.4. The van der Waals surface area contributed by atoms with Gasteiger partial charge in [-0.15, -0.1) is 5.10 Å². The lowest BCUT2D eigenvalue weighted by Crippen LogP contribution is -2.29. The first-order valence-corrected chi connectivity index (χ1v) is 6.31. The molecule has 0 saturated carbocycles. The first-order valence-electron chi connectivity index (χ1n) is 6.31. The zero-order chi connectivity index (χ0) is 11.9. The van der Waals surface area contributed by atoms with Gasteiger partial charge in [0.1, 0.15) is 0 Å². The van der Waals surface area contributed by atoms with Crippen LogP contribution in [0.2, 0.25) is 0 Å². The lowest BCUT2D eigenvalue weighted by molar-refractivity contribution is 0.268. The van der Waals surface area contributed by atoms with Crippen molar-refractivity contribution in [2.45, 2.75) is 25.9 Å². The zero-order valence-corrected chi connectivity index (χ0v) is 10.2. The maximum atomic E-state index is 8.75. The molecule has 6 nitrogen and oxygen atoms in total. The maximum Gasteiger partial charge on any atom is 0.0964 e. The Morgan fingerprint density at radius 2 is 2.12 bits per heavy atom. The van der Waals surface area contributed by atoms with Crippen molar-refractivity contribution < 1.29 is 5.11 Å². The minimum absolute atomic E-state index is 0.102. The van der Waals surface area contributed by atoms with Gasteiger partial charge in [0.25, 0.3) is 0 Å². The SMILES string of the molecule is OCCn1cc(CNCCN2CCCC2)nn1. The molecule has 1 fully saturated rings. The van der Waals surface area contributed by atoms with Crippen molar-refractivity contribution in [3.8, 4) is 0 Å². The van der Waals surface area contributed by atoms with Crippen LogP contribution in [0.4, 0.5) is 0 Å². The highest BCUT2D eigenvalue weighted by Gasteiger charge is 2.10. The van der Waals surface area contributed by atoms with Crippen LogP contribution in [-0.2, 0) is 13.1 Å². The highest BCUT2D eigenvalue weighted by Crippen LogP contribution is 2.05. The second-order valence-electron chi connectivity index (χ2n) is 4.42. The van der Waals surface area contributed by atoms with E-state index in [0.29, 0.717) is 6.54 Å². The van der Waals surface area contributed by atoms with Crippen molar-refractivity contribution >= 4 is 0 Å². The highest BCUT2D eigenvalue weighted by molar-refractivity contribution is 4.91. The summed E-state index contributed by atoms with van der Waals surface area (Å²) < 4.78 is 1.66. The van der Waals surface area contributed by atoms with E-state index in [1.807, 2.05) is 6.20 Å². The summed E-state index contributed by atoms with van der Waals surface area (Å²) in [5, 5.41) is 20.1. The number of hydrogen-bond acceptors (Lipinski definition) is 5. The predicted molar refractivity (Wildman–Crippen MR) is 64.5 cm³/mol. The Bertz CT molecular complexity index is 321. The summed E-state index contributed by atoms with van der Waals surface area (Å²) in [6, 6.07) is 0. The summed E-state index contributed by atoms with van der Waals surface area (Å²) >= 11 is 0. The van der Waals surface area contributed by atoms with Crippen LogP contribution >= 0.6 is 0 Å². The Balaban J connectivity index is 1.60. The lowest BCUT2D eigenvalue weighted by Gasteiger charge is -2.14. The molecule has 0 bridgehead atoms. The number of aromatic nitrogens is 3. The fourth-order valence-corrected chi connectivity index (χ4v) is 2.09. The van der Waals surface area contributed by atoms with Crippen LogP contribution in [0.5, 0.6) is 0 Å². The maximum absolute atomic E-state index is 8.75. The largest absolute Gasteiger partial charge is 0.394 e. The van der Waals surface area contributed by atoms with Crippen molar-refractivity contribution in [3.05, 3.63) is 11.9 Å². The topological polar surface area (TPSA) is 66.2 Å². The van der Waals surface area contributed by atoms with Crippen molar-refractivity contribution in [2.24, 2.45) is 0 Å².